The molecule has 0 saturated carbocycles. The van der Waals surface area contributed by atoms with E-state index in [1.807, 2.05) is 0 Å². The van der Waals surface area contributed by atoms with Crippen molar-refractivity contribution in [2.75, 3.05) is 53.4 Å². The van der Waals surface area contributed by atoms with Crippen LogP contribution in [0.1, 0.15) is 6.92 Å². The smallest absolute Gasteiger partial charge is 0.243 e. The van der Waals surface area contributed by atoms with Crippen LogP contribution in [0.3, 0.4) is 0 Å². The molecule has 116 valence electrons. The molecule has 0 aliphatic rings. The number of aromatic nitrogens is 2. The zero-order valence-corrected chi connectivity index (χ0v) is 12.6. The third kappa shape index (κ3) is 8.27. The van der Waals surface area contributed by atoms with Crippen molar-refractivity contribution in [2.24, 2.45) is 0 Å². The highest BCUT2D eigenvalue weighted by Crippen LogP contribution is 1.85. The summed E-state index contributed by atoms with van der Waals surface area (Å²) in [5.41, 5.74) is 0. The van der Waals surface area contributed by atoms with Crippen LogP contribution in [0.5, 0.6) is 0 Å². The van der Waals surface area contributed by atoms with E-state index in [0.29, 0.717) is 46.2 Å². The van der Waals surface area contributed by atoms with Crippen molar-refractivity contribution in [1.29, 1.82) is 0 Å². The summed E-state index contributed by atoms with van der Waals surface area (Å²) in [5.74, 6) is 0. The Morgan fingerprint density at radius 3 is 2.05 bits per heavy atom. The Morgan fingerprint density at radius 2 is 1.50 bits per heavy atom. The van der Waals surface area contributed by atoms with E-state index in [-0.39, 0.29) is 0 Å². The van der Waals surface area contributed by atoms with E-state index in [1.54, 1.807) is 7.11 Å². The molecule has 0 fully saturated rings. The van der Waals surface area contributed by atoms with Crippen LogP contribution in [0, 0.1) is 0 Å². The van der Waals surface area contributed by atoms with Gasteiger partial charge in [-0.05, 0) is 6.92 Å². The van der Waals surface area contributed by atoms with Crippen LogP contribution in [-0.4, -0.2) is 57.9 Å². The third-order valence-corrected chi connectivity index (χ3v) is 2.78. The van der Waals surface area contributed by atoms with E-state index in [1.165, 1.54) is 0 Å². The van der Waals surface area contributed by atoms with Crippen molar-refractivity contribution in [2.45, 2.75) is 20.0 Å². The number of imidazole rings is 1. The predicted octanol–water partition coefficient (Wildman–Crippen LogP) is 0.492. The molecule has 0 unspecified atom stereocenters. The molecule has 1 aromatic heterocycles. The molecule has 0 N–H and O–H groups in total. The Kier molecular flexibility index (Phi) is 10.1. The maximum Gasteiger partial charge on any atom is 0.243 e. The Bertz CT molecular complexity index is 331. The zero-order chi connectivity index (χ0) is 14.5. The zero-order valence-electron chi connectivity index (χ0n) is 12.6. The second-order valence-corrected chi connectivity index (χ2v) is 4.31. The minimum absolute atomic E-state index is 0.598. The minimum Gasteiger partial charge on any atom is -0.382 e. The average Bonchev–Trinajstić information content (AvgIpc) is 2.93. The van der Waals surface area contributed by atoms with Crippen LogP contribution in [-0.2, 0) is 32.0 Å². The first kappa shape index (κ1) is 17.1. The van der Waals surface area contributed by atoms with Crippen molar-refractivity contribution in [3.63, 3.8) is 0 Å². The molecule has 0 amide bonds. The summed E-state index contributed by atoms with van der Waals surface area (Å²) in [6, 6.07) is 0. The van der Waals surface area contributed by atoms with Gasteiger partial charge in [-0.2, -0.15) is 0 Å². The molecule has 0 spiro atoms. The summed E-state index contributed by atoms with van der Waals surface area (Å²) in [6.07, 6.45) is 6.20. The maximum atomic E-state index is 5.51. The van der Waals surface area contributed by atoms with E-state index in [2.05, 4.69) is 34.8 Å². The van der Waals surface area contributed by atoms with E-state index in [9.17, 15) is 0 Å². The summed E-state index contributed by atoms with van der Waals surface area (Å²) in [7, 11) is 1.66. The number of hydrogen-bond donors (Lipinski definition) is 0. The molecule has 0 aromatic carbocycles. The van der Waals surface area contributed by atoms with Crippen LogP contribution in [0.4, 0.5) is 0 Å². The van der Waals surface area contributed by atoms with Gasteiger partial charge in [0.2, 0.25) is 6.33 Å². The summed E-state index contributed by atoms with van der Waals surface area (Å²) in [4.78, 5) is 0. The fourth-order valence-electron chi connectivity index (χ4n) is 1.61. The van der Waals surface area contributed by atoms with Crippen molar-refractivity contribution >= 4 is 0 Å². The fraction of sp³-hybridized carbons (Fsp3) is 0.786. The van der Waals surface area contributed by atoms with Gasteiger partial charge in [0.15, 0.2) is 0 Å². The van der Waals surface area contributed by atoms with Gasteiger partial charge in [-0.1, -0.05) is 0 Å². The first-order valence-electron chi connectivity index (χ1n) is 7.13. The van der Waals surface area contributed by atoms with Gasteiger partial charge in [0, 0.05) is 7.11 Å². The summed E-state index contributed by atoms with van der Waals surface area (Å²) >= 11 is 0. The van der Waals surface area contributed by atoms with Crippen LogP contribution in [0.2, 0.25) is 0 Å². The maximum absolute atomic E-state index is 5.51. The number of hydrogen-bond acceptors (Lipinski definition) is 4. The SMILES string of the molecule is CCn1cc[n+](CCOCCOCCOCCOC)c1. The lowest BCUT2D eigenvalue weighted by Crippen LogP contribution is -2.33. The van der Waals surface area contributed by atoms with Gasteiger partial charge >= 0.3 is 0 Å². The van der Waals surface area contributed by atoms with Crippen LogP contribution in [0.25, 0.3) is 0 Å². The molecule has 0 bridgehead atoms. The molecule has 20 heavy (non-hydrogen) atoms. The van der Waals surface area contributed by atoms with Crippen molar-refractivity contribution < 1.29 is 23.5 Å². The van der Waals surface area contributed by atoms with Crippen molar-refractivity contribution in [3.8, 4) is 0 Å². The highest BCUT2D eigenvalue weighted by Gasteiger charge is 2.00. The second kappa shape index (κ2) is 11.8. The predicted molar refractivity (Wildman–Crippen MR) is 74.6 cm³/mol. The molecule has 0 radical (unpaired) electrons. The average molecular weight is 287 g/mol. The Labute approximate surface area is 121 Å². The highest BCUT2D eigenvalue weighted by molar-refractivity contribution is 4.64. The number of rotatable bonds is 13. The van der Waals surface area contributed by atoms with Gasteiger partial charge in [-0.15, -0.1) is 0 Å². The fourth-order valence-corrected chi connectivity index (χ4v) is 1.61. The van der Waals surface area contributed by atoms with Crippen LogP contribution in [0.15, 0.2) is 18.7 Å². The Morgan fingerprint density at radius 1 is 0.900 bits per heavy atom. The number of methoxy groups -OCH3 is 1. The van der Waals surface area contributed by atoms with Gasteiger partial charge in [-0.3, -0.25) is 0 Å². The monoisotopic (exact) mass is 287 g/mol. The first-order valence-corrected chi connectivity index (χ1v) is 7.13. The number of nitrogens with zero attached hydrogens (tertiary/aromatic N) is 2. The molecular weight excluding hydrogens is 260 g/mol. The van der Waals surface area contributed by atoms with E-state index >= 15 is 0 Å². The molecule has 0 atom stereocenters. The van der Waals surface area contributed by atoms with E-state index < -0.39 is 0 Å². The number of ether oxygens (including phenoxy) is 4. The van der Waals surface area contributed by atoms with Crippen LogP contribution >= 0.6 is 0 Å². The van der Waals surface area contributed by atoms with Crippen molar-refractivity contribution in [1.82, 2.24) is 4.57 Å². The molecule has 1 rings (SSSR count). The lowest BCUT2D eigenvalue weighted by atomic mass is 10.6. The van der Waals surface area contributed by atoms with Gasteiger partial charge in [0.05, 0.1) is 52.8 Å². The Balaban J connectivity index is 1.83. The normalized spacial score (nSPS) is 11.1. The minimum atomic E-state index is 0.598. The molecule has 6 nitrogen and oxygen atoms in total. The van der Waals surface area contributed by atoms with Gasteiger partial charge in [0.1, 0.15) is 18.9 Å². The van der Waals surface area contributed by atoms with Crippen molar-refractivity contribution in [3.05, 3.63) is 18.7 Å². The standard InChI is InChI=1S/C14H27N2O4/c1-3-15-4-5-16(14-15)6-7-18-10-11-20-13-12-19-9-8-17-2/h4-5,14H,3,6-13H2,1-2H3/q+1. The largest absolute Gasteiger partial charge is 0.382 e. The summed E-state index contributed by atoms with van der Waals surface area (Å²) < 4.78 is 25.3. The van der Waals surface area contributed by atoms with E-state index in [4.69, 9.17) is 18.9 Å². The number of aryl methyl sites for hydroxylation is 1. The topological polar surface area (TPSA) is 45.7 Å². The molecule has 6 heteroatoms. The highest BCUT2D eigenvalue weighted by atomic mass is 16.6. The lowest BCUT2D eigenvalue weighted by molar-refractivity contribution is -0.698. The molecule has 1 heterocycles. The van der Waals surface area contributed by atoms with Crippen LogP contribution < -0.4 is 4.57 Å². The molecular formula is C14H27N2O4+. The first-order chi connectivity index (χ1) is 9.86. The second-order valence-electron chi connectivity index (χ2n) is 4.31. The third-order valence-electron chi connectivity index (χ3n) is 2.78. The lowest BCUT2D eigenvalue weighted by Gasteiger charge is -2.06. The summed E-state index contributed by atoms with van der Waals surface area (Å²) in [5, 5.41) is 0. The van der Waals surface area contributed by atoms with Gasteiger partial charge in [-0.25, -0.2) is 9.13 Å². The summed E-state index contributed by atoms with van der Waals surface area (Å²) in [6.45, 7) is 8.35. The van der Waals surface area contributed by atoms with Gasteiger partial charge < -0.3 is 18.9 Å². The quantitative estimate of drug-likeness (QED) is 0.391. The molecule has 1 aromatic rings. The molecule has 0 aliphatic heterocycles. The molecule has 0 saturated heterocycles. The van der Waals surface area contributed by atoms with E-state index in [0.717, 1.165) is 13.1 Å². The molecule has 0 aliphatic carbocycles. The Hall–Kier alpha value is -0.950. The van der Waals surface area contributed by atoms with Gasteiger partial charge in [0.25, 0.3) is 0 Å².